The third-order valence-corrected chi connectivity index (χ3v) is 4.63. The van der Waals surface area contributed by atoms with Gasteiger partial charge in [-0.25, -0.2) is 9.67 Å². The summed E-state index contributed by atoms with van der Waals surface area (Å²) < 4.78 is 1.95. The van der Waals surface area contributed by atoms with Gasteiger partial charge in [-0.1, -0.05) is 6.07 Å². The molecule has 6 heteroatoms. The van der Waals surface area contributed by atoms with Gasteiger partial charge in [0.2, 0.25) is 0 Å². The van der Waals surface area contributed by atoms with Crippen LogP contribution in [0.2, 0.25) is 0 Å². The van der Waals surface area contributed by atoms with Gasteiger partial charge in [0.25, 0.3) is 0 Å². The Kier molecular flexibility index (Phi) is 6.16. The van der Waals surface area contributed by atoms with Crippen LogP contribution in [0.15, 0.2) is 24.4 Å². The molecular weight excluding hydrogens is 310 g/mol. The predicted octanol–water partition coefficient (Wildman–Crippen LogP) is 2.48. The molecule has 1 aliphatic heterocycles. The molecule has 3 rings (SSSR count). The van der Waals surface area contributed by atoms with E-state index in [-0.39, 0.29) is 12.4 Å². The van der Waals surface area contributed by atoms with Crippen LogP contribution in [-0.4, -0.2) is 39.3 Å². The van der Waals surface area contributed by atoms with Gasteiger partial charge in [0, 0.05) is 30.5 Å². The Hall–Kier alpha value is -1.43. The molecule has 1 aliphatic rings. The summed E-state index contributed by atoms with van der Waals surface area (Å²) in [5.74, 6) is 1.52. The standard InChI is InChI=1S/C17H25N5.ClH/c1-13-16(12-21-9-5-6-15(10-18)11-21)14(2)22(20-13)17-7-3-4-8-19-17;/h3-4,7-8,15H,5-6,9-12,18H2,1-2H3;1H. The number of pyridine rings is 1. The van der Waals surface area contributed by atoms with Crippen LogP contribution < -0.4 is 5.73 Å². The normalized spacial score (nSPS) is 18.7. The first-order valence-corrected chi connectivity index (χ1v) is 8.08. The number of hydrogen-bond donors (Lipinski definition) is 1. The number of nitrogens with two attached hydrogens (primary N) is 1. The highest BCUT2D eigenvalue weighted by Gasteiger charge is 2.21. The van der Waals surface area contributed by atoms with Gasteiger partial charge >= 0.3 is 0 Å². The average molecular weight is 336 g/mol. The maximum absolute atomic E-state index is 5.85. The maximum atomic E-state index is 5.85. The summed E-state index contributed by atoms with van der Waals surface area (Å²) in [6.07, 6.45) is 4.31. The summed E-state index contributed by atoms with van der Waals surface area (Å²) in [6, 6.07) is 5.92. The molecule has 1 saturated heterocycles. The van der Waals surface area contributed by atoms with E-state index in [0.29, 0.717) is 5.92 Å². The number of aromatic nitrogens is 3. The second kappa shape index (κ2) is 7.90. The molecule has 1 fully saturated rings. The molecule has 0 radical (unpaired) electrons. The molecule has 2 aromatic heterocycles. The molecule has 5 nitrogen and oxygen atoms in total. The summed E-state index contributed by atoms with van der Waals surface area (Å²) in [7, 11) is 0. The fraction of sp³-hybridized carbons (Fsp3) is 0.529. The first-order chi connectivity index (χ1) is 10.7. The SMILES string of the molecule is Cc1nn(-c2ccccn2)c(C)c1CN1CCCC(CN)C1.Cl. The second-order valence-corrected chi connectivity index (χ2v) is 6.23. The Balaban J connectivity index is 0.00000192. The van der Waals surface area contributed by atoms with Crippen LogP contribution in [0.25, 0.3) is 5.82 Å². The molecule has 126 valence electrons. The Morgan fingerprint density at radius 1 is 1.30 bits per heavy atom. The van der Waals surface area contributed by atoms with Crippen molar-refractivity contribution < 1.29 is 0 Å². The van der Waals surface area contributed by atoms with E-state index in [1.165, 1.54) is 24.1 Å². The zero-order chi connectivity index (χ0) is 15.5. The Bertz CT molecular complexity index is 625. The molecule has 1 unspecified atom stereocenters. The van der Waals surface area contributed by atoms with E-state index in [2.05, 4.69) is 28.8 Å². The molecule has 2 N–H and O–H groups in total. The van der Waals surface area contributed by atoms with E-state index in [9.17, 15) is 0 Å². The lowest BCUT2D eigenvalue weighted by atomic mass is 9.97. The van der Waals surface area contributed by atoms with Crippen LogP contribution in [0.4, 0.5) is 0 Å². The van der Waals surface area contributed by atoms with E-state index in [0.717, 1.165) is 37.7 Å². The number of rotatable bonds is 4. The van der Waals surface area contributed by atoms with Gasteiger partial charge in [-0.3, -0.25) is 4.90 Å². The molecule has 0 amide bonds. The third kappa shape index (κ3) is 3.91. The number of aryl methyl sites for hydroxylation is 1. The van der Waals surface area contributed by atoms with E-state index in [1.54, 1.807) is 0 Å². The average Bonchev–Trinajstić information content (AvgIpc) is 2.84. The van der Waals surface area contributed by atoms with Crippen LogP contribution >= 0.6 is 12.4 Å². The van der Waals surface area contributed by atoms with Crippen LogP contribution in [0.5, 0.6) is 0 Å². The molecular formula is C17H26ClN5. The number of piperidine rings is 1. The van der Waals surface area contributed by atoms with Crippen molar-refractivity contribution in [2.75, 3.05) is 19.6 Å². The summed E-state index contributed by atoms with van der Waals surface area (Å²) in [5, 5.41) is 4.69. The summed E-state index contributed by atoms with van der Waals surface area (Å²) in [5.41, 5.74) is 9.45. The number of likely N-dealkylation sites (tertiary alicyclic amines) is 1. The molecule has 1 atom stereocenters. The Morgan fingerprint density at radius 3 is 2.83 bits per heavy atom. The van der Waals surface area contributed by atoms with Crippen molar-refractivity contribution >= 4 is 12.4 Å². The van der Waals surface area contributed by atoms with E-state index in [4.69, 9.17) is 5.73 Å². The van der Waals surface area contributed by atoms with E-state index < -0.39 is 0 Å². The fourth-order valence-corrected chi connectivity index (χ4v) is 3.32. The van der Waals surface area contributed by atoms with Gasteiger partial charge in [0.05, 0.1) is 5.69 Å². The van der Waals surface area contributed by atoms with Gasteiger partial charge in [-0.15, -0.1) is 12.4 Å². The minimum absolute atomic E-state index is 0. The smallest absolute Gasteiger partial charge is 0.153 e. The topological polar surface area (TPSA) is 60.0 Å². The lowest BCUT2D eigenvalue weighted by Gasteiger charge is -2.32. The van der Waals surface area contributed by atoms with Crippen molar-refractivity contribution in [3.05, 3.63) is 41.3 Å². The van der Waals surface area contributed by atoms with E-state index in [1.807, 2.05) is 29.1 Å². The summed E-state index contributed by atoms with van der Waals surface area (Å²) in [4.78, 5) is 6.92. The lowest BCUT2D eigenvalue weighted by molar-refractivity contribution is 0.170. The highest BCUT2D eigenvalue weighted by atomic mass is 35.5. The Labute approximate surface area is 144 Å². The second-order valence-electron chi connectivity index (χ2n) is 6.23. The van der Waals surface area contributed by atoms with Crippen LogP contribution in [0, 0.1) is 19.8 Å². The first kappa shape index (κ1) is 17.9. The van der Waals surface area contributed by atoms with Gasteiger partial charge in [-0.05, 0) is 57.8 Å². The minimum atomic E-state index is 0. The van der Waals surface area contributed by atoms with Crippen molar-refractivity contribution in [3.8, 4) is 5.82 Å². The number of nitrogens with zero attached hydrogens (tertiary/aromatic N) is 4. The molecule has 2 aromatic rings. The van der Waals surface area contributed by atoms with Crippen molar-refractivity contribution in [3.63, 3.8) is 0 Å². The summed E-state index contributed by atoms with van der Waals surface area (Å²) >= 11 is 0. The molecule has 0 aliphatic carbocycles. The van der Waals surface area contributed by atoms with Crippen molar-refractivity contribution in [2.24, 2.45) is 11.7 Å². The molecule has 0 bridgehead atoms. The number of halogens is 1. The molecule has 0 aromatic carbocycles. The molecule has 0 spiro atoms. The predicted molar refractivity (Wildman–Crippen MR) is 95.1 cm³/mol. The minimum Gasteiger partial charge on any atom is -0.330 e. The van der Waals surface area contributed by atoms with Crippen LogP contribution in [-0.2, 0) is 6.54 Å². The summed E-state index contributed by atoms with van der Waals surface area (Å²) in [6.45, 7) is 8.23. The number of hydrogen-bond acceptors (Lipinski definition) is 4. The highest BCUT2D eigenvalue weighted by molar-refractivity contribution is 5.85. The van der Waals surface area contributed by atoms with Crippen LogP contribution in [0.1, 0.15) is 29.8 Å². The zero-order valence-electron chi connectivity index (χ0n) is 13.9. The molecule has 0 saturated carbocycles. The maximum Gasteiger partial charge on any atom is 0.153 e. The van der Waals surface area contributed by atoms with Gasteiger partial charge < -0.3 is 5.73 Å². The van der Waals surface area contributed by atoms with Crippen molar-refractivity contribution in [2.45, 2.75) is 33.2 Å². The van der Waals surface area contributed by atoms with Gasteiger partial charge in [-0.2, -0.15) is 5.10 Å². The largest absolute Gasteiger partial charge is 0.330 e. The highest BCUT2D eigenvalue weighted by Crippen LogP contribution is 2.22. The first-order valence-electron chi connectivity index (χ1n) is 8.08. The van der Waals surface area contributed by atoms with Crippen molar-refractivity contribution in [1.82, 2.24) is 19.7 Å². The Morgan fingerprint density at radius 2 is 2.13 bits per heavy atom. The van der Waals surface area contributed by atoms with Gasteiger partial charge in [0.1, 0.15) is 0 Å². The molecule has 23 heavy (non-hydrogen) atoms. The zero-order valence-corrected chi connectivity index (χ0v) is 14.7. The van der Waals surface area contributed by atoms with E-state index >= 15 is 0 Å². The quantitative estimate of drug-likeness (QED) is 0.932. The van der Waals surface area contributed by atoms with Crippen molar-refractivity contribution in [1.29, 1.82) is 0 Å². The fourth-order valence-electron chi connectivity index (χ4n) is 3.32. The van der Waals surface area contributed by atoms with Gasteiger partial charge in [0.15, 0.2) is 5.82 Å². The monoisotopic (exact) mass is 335 g/mol. The lowest BCUT2D eigenvalue weighted by Crippen LogP contribution is -2.38. The molecule has 3 heterocycles. The third-order valence-electron chi connectivity index (χ3n) is 4.63. The van der Waals surface area contributed by atoms with Crippen LogP contribution in [0.3, 0.4) is 0 Å².